The van der Waals surface area contributed by atoms with E-state index in [1.165, 1.54) is 0 Å². The van der Waals surface area contributed by atoms with E-state index in [2.05, 4.69) is 10.3 Å². The zero-order chi connectivity index (χ0) is 18.2. The molecule has 1 N–H and O–H groups in total. The van der Waals surface area contributed by atoms with Crippen LogP contribution < -0.4 is 14.8 Å². The smallest absolute Gasteiger partial charge is 0.270 e. The fraction of sp³-hybridized carbons (Fsp3) is 0.143. The van der Waals surface area contributed by atoms with Crippen LogP contribution in [0.25, 0.3) is 11.3 Å². The van der Waals surface area contributed by atoms with Gasteiger partial charge in [-0.3, -0.25) is 4.79 Å². The Kier molecular flexibility index (Phi) is 5.83. The van der Waals surface area contributed by atoms with E-state index in [0.717, 1.165) is 22.8 Å². The minimum absolute atomic E-state index is 0.225. The van der Waals surface area contributed by atoms with Gasteiger partial charge in [0, 0.05) is 5.56 Å². The zero-order valence-corrected chi connectivity index (χ0v) is 14.5. The summed E-state index contributed by atoms with van der Waals surface area (Å²) in [6.07, 6.45) is 0. The van der Waals surface area contributed by atoms with Crippen molar-refractivity contribution in [3.8, 4) is 22.8 Å². The van der Waals surface area contributed by atoms with Crippen molar-refractivity contribution < 1.29 is 14.3 Å². The number of ether oxygens (including phenoxy) is 2. The lowest BCUT2D eigenvalue weighted by Gasteiger charge is -2.08. The topological polar surface area (TPSA) is 60.5 Å². The number of benzene rings is 2. The molecule has 0 radical (unpaired) electrons. The Morgan fingerprint density at radius 1 is 0.923 bits per heavy atom. The number of pyridine rings is 1. The molecule has 1 aromatic heterocycles. The van der Waals surface area contributed by atoms with Gasteiger partial charge in [0.15, 0.2) is 0 Å². The van der Waals surface area contributed by atoms with Gasteiger partial charge in [0.25, 0.3) is 5.91 Å². The van der Waals surface area contributed by atoms with E-state index < -0.39 is 0 Å². The Morgan fingerprint density at radius 2 is 1.69 bits per heavy atom. The predicted molar refractivity (Wildman–Crippen MR) is 100 cm³/mol. The van der Waals surface area contributed by atoms with Gasteiger partial charge in [-0.15, -0.1) is 0 Å². The second kappa shape index (κ2) is 8.67. The van der Waals surface area contributed by atoms with E-state index in [-0.39, 0.29) is 5.91 Å². The molecule has 3 rings (SSSR count). The van der Waals surface area contributed by atoms with Gasteiger partial charge < -0.3 is 14.8 Å². The van der Waals surface area contributed by atoms with Crippen LogP contribution in [0.3, 0.4) is 0 Å². The van der Waals surface area contributed by atoms with E-state index in [9.17, 15) is 4.79 Å². The van der Waals surface area contributed by atoms with Crippen molar-refractivity contribution >= 4 is 5.91 Å². The number of methoxy groups -OCH3 is 1. The Balaban J connectivity index is 1.57. The van der Waals surface area contributed by atoms with Gasteiger partial charge in [-0.05, 0) is 48.5 Å². The summed E-state index contributed by atoms with van der Waals surface area (Å²) in [5, 5.41) is 2.82. The third kappa shape index (κ3) is 4.60. The lowest BCUT2D eigenvalue weighted by molar-refractivity contribution is 0.0942. The first kappa shape index (κ1) is 17.5. The van der Waals surface area contributed by atoms with Gasteiger partial charge in [-0.2, -0.15) is 0 Å². The molecule has 2 aromatic carbocycles. The highest BCUT2D eigenvalue weighted by molar-refractivity contribution is 5.92. The molecular weight excluding hydrogens is 328 g/mol. The third-order valence-electron chi connectivity index (χ3n) is 3.77. The van der Waals surface area contributed by atoms with E-state index in [1.54, 1.807) is 13.2 Å². The van der Waals surface area contributed by atoms with E-state index in [1.807, 2.05) is 66.7 Å². The molecule has 0 bridgehead atoms. The maximum atomic E-state index is 12.3. The number of hydrogen-bond acceptors (Lipinski definition) is 4. The SMILES string of the molecule is COc1ccc(-c2cccc(C(=O)NCCOc3ccccc3)n2)cc1. The fourth-order valence-electron chi connectivity index (χ4n) is 2.42. The Morgan fingerprint density at radius 3 is 2.42 bits per heavy atom. The summed E-state index contributed by atoms with van der Waals surface area (Å²) in [6.45, 7) is 0.802. The molecule has 26 heavy (non-hydrogen) atoms. The summed E-state index contributed by atoms with van der Waals surface area (Å²) in [5.74, 6) is 1.33. The number of nitrogens with one attached hydrogen (secondary N) is 1. The van der Waals surface area contributed by atoms with Crippen molar-refractivity contribution in [3.05, 3.63) is 78.5 Å². The van der Waals surface area contributed by atoms with E-state index in [0.29, 0.717) is 18.8 Å². The molecule has 0 aliphatic rings. The quantitative estimate of drug-likeness (QED) is 0.663. The molecule has 0 aliphatic carbocycles. The van der Waals surface area contributed by atoms with Gasteiger partial charge in [0.05, 0.1) is 19.3 Å². The van der Waals surface area contributed by atoms with Crippen molar-refractivity contribution in [2.45, 2.75) is 0 Å². The van der Waals surface area contributed by atoms with Gasteiger partial charge in [0.2, 0.25) is 0 Å². The number of amides is 1. The number of nitrogens with zero attached hydrogens (tertiary/aromatic N) is 1. The highest BCUT2D eigenvalue weighted by Gasteiger charge is 2.08. The number of para-hydroxylation sites is 1. The molecule has 1 heterocycles. The zero-order valence-electron chi connectivity index (χ0n) is 14.5. The van der Waals surface area contributed by atoms with E-state index in [4.69, 9.17) is 9.47 Å². The van der Waals surface area contributed by atoms with Crippen molar-refractivity contribution in [2.75, 3.05) is 20.3 Å². The molecular formula is C21H20N2O3. The van der Waals surface area contributed by atoms with Crippen LogP contribution in [-0.4, -0.2) is 31.2 Å². The molecule has 0 fully saturated rings. The summed E-state index contributed by atoms with van der Waals surface area (Å²) in [6, 6.07) is 22.4. The van der Waals surface area contributed by atoms with Crippen LogP contribution >= 0.6 is 0 Å². The van der Waals surface area contributed by atoms with Crippen molar-refractivity contribution in [1.29, 1.82) is 0 Å². The van der Waals surface area contributed by atoms with Crippen LogP contribution in [-0.2, 0) is 0 Å². The van der Waals surface area contributed by atoms with Crippen LogP contribution in [0.2, 0.25) is 0 Å². The van der Waals surface area contributed by atoms with Crippen LogP contribution in [0.5, 0.6) is 11.5 Å². The first-order valence-electron chi connectivity index (χ1n) is 8.34. The normalized spacial score (nSPS) is 10.2. The van der Waals surface area contributed by atoms with E-state index >= 15 is 0 Å². The average Bonchev–Trinajstić information content (AvgIpc) is 2.72. The standard InChI is InChI=1S/C21H20N2O3/c1-25-17-12-10-16(11-13-17)19-8-5-9-20(23-19)21(24)22-14-15-26-18-6-3-2-4-7-18/h2-13H,14-15H2,1H3,(H,22,24). The highest BCUT2D eigenvalue weighted by atomic mass is 16.5. The predicted octanol–water partition coefficient (Wildman–Crippen LogP) is 3.57. The minimum atomic E-state index is -0.225. The summed E-state index contributed by atoms with van der Waals surface area (Å²) >= 11 is 0. The van der Waals surface area contributed by atoms with Crippen LogP contribution in [0, 0.1) is 0 Å². The van der Waals surface area contributed by atoms with Crippen molar-refractivity contribution in [1.82, 2.24) is 10.3 Å². The molecule has 0 unspecified atom stereocenters. The Bertz CT molecular complexity index is 849. The second-order valence-electron chi connectivity index (χ2n) is 5.55. The van der Waals surface area contributed by atoms with Gasteiger partial charge in [0.1, 0.15) is 23.8 Å². The summed E-state index contributed by atoms with van der Waals surface area (Å²) < 4.78 is 10.7. The first-order valence-corrected chi connectivity index (χ1v) is 8.34. The summed E-state index contributed by atoms with van der Waals surface area (Å²) in [7, 11) is 1.62. The molecule has 5 nitrogen and oxygen atoms in total. The molecule has 0 saturated carbocycles. The number of aromatic nitrogens is 1. The molecule has 0 saturated heterocycles. The maximum Gasteiger partial charge on any atom is 0.270 e. The fourth-order valence-corrected chi connectivity index (χ4v) is 2.42. The minimum Gasteiger partial charge on any atom is -0.497 e. The van der Waals surface area contributed by atoms with Crippen LogP contribution in [0.1, 0.15) is 10.5 Å². The van der Waals surface area contributed by atoms with Crippen molar-refractivity contribution in [2.24, 2.45) is 0 Å². The number of carbonyl (C=O) groups excluding carboxylic acids is 1. The first-order chi connectivity index (χ1) is 12.8. The maximum absolute atomic E-state index is 12.3. The third-order valence-corrected chi connectivity index (χ3v) is 3.77. The Hall–Kier alpha value is -3.34. The molecule has 0 atom stereocenters. The van der Waals surface area contributed by atoms with Gasteiger partial charge >= 0.3 is 0 Å². The number of rotatable bonds is 7. The molecule has 0 spiro atoms. The lowest BCUT2D eigenvalue weighted by Crippen LogP contribution is -2.28. The van der Waals surface area contributed by atoms with Gasteiger partial charge in [-0.25, -0.2) is 4.98 Å². The highest BCUT2D eigenvalue weighted by Crippen LogP contribution is 2.20. The second-order valence-corrected chi connectivity index (χ2v) is 5.55. The number of hydrogen-bond donors (Lipinski definition) is 1. The lowest BCUT2D eigenvalue weighted by atomic mass is 10.1. The molecule has 1 amide bonds. The van der Waals surface area contributed by atoms with Gasteiger partial charge in [-0.1, -0.05) is 24.3 Å². The van der Waals surface area contributed by atoms with Crippen molar-refractivity contribution in [3.63, 3.8) is 0 Å². The molecule has 3 aromatic rings. The summed E-state index contributed by atoms with van der Waals surface area (Å²) in [4.78, 5) is 16.7. The molecule has 5 heteroatoms. The number of carbonyl (C=O) groups is 1. The average molecular weight is 348 g/mol. The summed E-state index contributed by atoms with van der Waals surface area (Å²) in [5.41, 5.74) is 2.03. The molecule has 0 aliphatic heterocycles. The molecule has 132 valence electrons. The largest absolute Gasteiger partial charge is 0.497 e. The van der Waals surface area contributed by atoms with Crippen LogP contribution in [0.15, 0.2) is 72.8 Å². The van der Waals surface area contributed by atoms with Crippen LogP contribution in [0.4, 0.5) is 0 Å². The Labute approximate surface area is 152 Å². The monoisotopic (exact) mass is 348 g/mol.